The average molecular weight is 487 g/mol. The summed E-state index contributed by atoms with van der Waals surface area (Å²) in [5.41, 5.74) is 7.09. The number of aliphatic carboxylic acids is 1. The first-order chi connectivity index (χ1) is 17.4. The number of fused-ring (bicyclic) bond motifs is 1. The van der Waals surface area contributed by atoms with Gasteiger partial charge in [-0.3, -0.25) is 9.69 Å². The van der Waals surface area contributed by atoms with Gasteiger partial charge in [-0.25, -0.2) is 9.67 Å². The molecule has 1 saturated heterocycles. The smallest absolute Gasteiger partial charge is 0.304 e. The van der Waals surface area contributed by atoms with E-state index in [1.54, 1.807) is 4.68 Å². The van der Waals surface area contributed by atoms with E-state index in [1.165, 1.54) is 30.4 Å². The second-order valence-corrected chi connectivity index (χ2v) is 10.0. The van der Waals surface area contributed by atoms with E-state index in [4.69, 9.17) is 0 Å². The number of carbonyl (C=O) groups is 1. The van der Waals surface area contributed by atoms with Crippen LogP contribution in [0.1, 0.15) is 65.2 Å². The molecule has 4 aromatic rings. The minimum Gasteiger partial charge on any atom is -0.481 e. The van der Waals surface area contributed by atoms with Crippen LogP contribution in [0.2, 0.25) is 0 Å². The fourth-order valence-corrected chi connectivity index (χ4v) is 5.42. The number of hydrogen-bond acceptors (Lipinski definition) is 5. The van der Waals surface area contributed by atoms with E-state index in [9.17, 15) is 9.90 Å². The molecule has 1 aliphatic heterocycles. The SMILES string of the molecule is Cc1ccc(C(CC(=O)O)c2ccc3c(nnn3C)c2C)cc1Cn1ccnc1CN1CCCCC1. The topological polar surface area (TPSA) is 89.1 Å². The Bertz CT molecular complexity index is 1380. The summed E-state index contributed by atoms with van der Waals surface area (Å²) in [5, 5.41) is 18.3. The quantitative estimate of drug-likeness (QED) is 0.397. The molecule has 0 bridgehead atoms. The minimum absolute atomic E-state index is 0.0143. The molecule has 0 saturated carbocycles. The number of carboxylic acid groups (broad SMARTS) is 1. The lowest BCUT2D eigenvalue weighted by molar-refractivity contribution is -0.137. The van der Waals surface area contributed by atoms with Gasteiger partial charge in [0.2, 0.25) is 0 Å². The number of imidazole rings is 1. The van der Waals surface area contributed by atoms with Gasteiger partial charge in [0.15, 0.2) is 0 Å². The fraction of sp³-hybridized carbons (Fsp3) is 0.429. The second-order valence-electron chi connectivity index (χ2n) is 10.0. The van der Waals surface area contributed by atoms with Gasteiger partial charge in [0.25, 0.3) is 0 Å². The molecule has 2 aromatic heterocycles. The lowest BCUT2D eigenvalue weighted by Gasteiger charge is -2.26. The molecule has 36 heavy (non-hydrogen) atoms. The number of benzene rings is 2. The summed E-state index contributed by atoms with van der Waals surface area (Å²) >= 11 is 0. The highest BCUT2D eigenvalue weighted by atomic mass is 16.4. The molecule has 2 aromatic carbocycles. The van der Waals surface area contributed by atoms with E-state index in [0.29, 0.717) is 6.54 Å². The molecule has 1 N–H and O–H groups in total. The summed E-state index contributed by atoms with van der Waals surface area (Å²) < 4.78 is 3.97. The minimum atomic E-state index is -0.820. The van der Waals surface area contributed by atoms with Crippen LogP contribution in [-0.2, 0) is 24.9 Å². The molecule has 1 aliphatic rings. The largest absolute Gasteiger partial charge is 0.481 e. The van der Waals surface area contributed by atoms with E-state index < -0.39 is 5.97 Å². The highest BCUT2D eigenvalue weighted by Crippen LogP contribution is 2.34. The Morgan fingerprint density at radius 2 is 1.89 bits per heavy atom. The van der Waals surface area contributed by atoms with Crippen molar-refractivity contribution in [1.82, 2.24) is 29.4 Å². The summed E-state index contributed by atoms with van der Waals surface area (Å²) in [5.74, 6) is -0.0178. The van der Waals surface area contributed by atoms with Crippen LogP contribution >= 0.6 is 0 Å². The van der Waals surface area contributed by atoms with Gasteiger partial charge in [0.1, 0.15) is 11.3 Å². The highest BCUT2D eigenvalue weighted by molar-refractivity contribution is 5.80. The van der Waals surface area contributed by atoms with E-state index in [2.05, 4.69) is 49.9 Å². The molecule has 3 heterocycles. The van der Waals surface area contributed by atoms with Gasteiger partial charge in [-0.15, -0.1) is 5.10 Å². The maximum absolute atomic E-state index is 11.9. The molecular weight excluding hydrogens is 452 g/mol. The molecule has 188 valence electrons. The van der Waals surface area contributed by atoms with Gasteiger partial charge in [-0.1, -0.05) is 35.9 Å². The van der Waals surface area contributed by atoms with Crippen LogP contribution in [-0.4, -0.2) is 53.6 Å². The molecule has 0 spiro atoms. The van der Waals surface area contributed by atoms with Crippen molar-refractivity contribution in [2.24, 2.45) is 7.05 Å². The van der Waals surface area contributed by atoms with Crippen LogP contribution in [0.4, 0.5) is 0 Å². The molecule has 0 aliphatic carbocycles. The monoisotopic (exact) mass is 486 g/mol. The predicted octanol–water partition coefficient (Wildman–Crippen LogP) is 4.42. The zero-order valence-corrected chi connectivity index (χ0v) is 21.3. The first-order valence-corrected chi connectivity index (χ1v) is 12.7. The second kappa shape index (κ2) is 10.2. The molecule has 8 heteroatoms. The number of piperidine rings is 1. The van der Waals surface area contributed by atoms with Crippen LogP contribution in [0.15, 0.2) is 42.7 Å². The molecule has 0 radical (unpaired) electrons. The first kappa shape index (κ1) is 24.2. The summed E-state index contributed by atoms with van der Waals surface area (Å²) in [6.07, 6.45) is 7.77. The molecule has 1 fully saturated rings. The van der Waals surface area contributed by atoms with Crippen LogP contribution in [0, 0.1) is 13.8 Å². The maximum atomic E-state index is 11.9. The number of carboxylic acids is 1. The van der Waals surface area contributed by atoms with Gasteiger partial charge in [-0.05, 0) is 73.7 Å². The number of hydrogen-bond donors (Lipinski definition) is 1. The third-order valence-corrected chi connectivity index (χ3v) is 7.56. The highest BCUT2D eigenvalue weighted by Gasteiger charge is 2.23. The van der Waals surface area contributed by atoms with Gasteiger partial charge in [0, 0.05) is 31.9 Å². The Hall–Kier alpha value is -3.52. The zero-order valence-electron chi connectivity index (χ0n) is 21.3. The summed E-state index contributed by atoms with van der Waals surface area (Å²) in [6.45, 7) is 7.97. The summed E-state index contributed by atoms with van der Waals surface area (Å²) in [7, 11) is 1.87. The van der Waals surface area contributed by atoms with E-state index >= 15 is 0 Å². The number of aromatic nitrogens is 5. The Labute approximate surface area is 211 Å². The van der Waals surface area contributed by atoms with Crippen molar-refractivity contribution >= 4 is 17.0 Å². The average Bonchev–Trinajstić information content (AvgIpc) is 3.46. The van der Waals surface area contributed by atoms with Crippen molar-refractivity contribution in [3.63, 3.8) is 0 Å². The number of aryl methyl sites for hydroxylation is 3. The van der Waals surface area contributed by atoms with Gasteiger partial charge < -0.3 is 9.67 Å². The Kier molecular flexibility index (Phi) is 6.87. The Balaban J connectivity index is 1.47. The molecule has 1 unspecified atom stereocenters. The van der Waals surface area contributed by atoms with Crippen LogP contribution in [0.25, 0.3) is 11.0 Å². The van der Waals surface area contributed by atoms with Crippen LogP contribution < -0.4 is 0 Å². The normalized spacial score (nSPS) is 15.4. The van der Waals surface area contributed by atoms with E-state index in [-0.39, 0.29) is 12.3 Å². The Morgan fingerprint density at radius 3 is 2.67 bits per heavy atom. The number of likely N-dealkylation sites (tertiary alicyclic amines) is 1. The summed E-state index contributed by atoms with van der Waals surface area (Å²) in [6, 6.07) is 10.4. The lowest BCUT2D eigenvalue weighted by atomic mass is 9.84. The van der Waals surface area contributed by atoms with Crippen molar-refractivity contribution < 1.29 is 9.90 Å². The standard InChI is InChI=1S/C28H34N6O2/c1-19-7-8-21(15-22(19)17-34-14-11-29-26(34)18-33-12-5-4-6-13-33)24(16-27(35)36)23-9-10-25-28(20(23)2)30-31-32(25)3/h7-11,14-15,24H,4-6,12-13,16-18H2,1-3H3,(H,35,36). The molecule has 8 nitrogen and oxygen atoms in total. The predicted molar refractivity (Wildman–Crippen MR) is 139 cm³/mol. The van der Waals surface area contributed by atoms with Crippen molar-refractivity contribution in [1.29, 1.82) is 0 Å². The first-order valence-electron chi connectivity index (χ1n) is 12.7. The van der Waals surface area contributed by atoms with Crippen molar-refractivity contribution in [2.45, 2.75) is 58.5 Å². The third-order valence-electron chi connectivity index (χ3n) is 7.56. The van der Waals surface area contributed by atoms with Gasteiger partial charge in [-0.2, -0.15) is 0 Å². The van der Waals surface area contributed by atoms with Crippen molar-refractivity contribution in [3.8, 4) is 0 Å². The van der Waals surface area contributed by atoms with E-state index in [1.807, 2.05) is 38.5 Å². The fourth-order valence-electron chi connectivity index (χ4n) is 5.42. The van der Waals surface area contributed by atoms with Crippen LogP contribution in [0.3, 0.4) is 0 Å². The number of nitrogens with zero attached hydrogens (tertiary/aromatic N) is 6. The number of rotatable bonds is 8. The van der Waals surface area contributed by atoms with Gasteiger partial charge in [0.05, 0.1) is 18.5 Å². The molecule has 0 amide bonds. The maximum Gasteiger partial charge on any atom is 0.304 e. The van der Waals surface area contributed by atoms with Crippen molar-refractivity contribution in [2.75, 3.05) is 13.1 Å². The third kappa shape index (κ3) is 4.91. The van der Waals surface area contributed by atoms with Crippen LogP contribution in [0.5, 0.6) is 0 Å². The van der Waals surface area contributed by atoms with Crippen molar-refractivity contribution in [3.05, 3.63) is 76.4 Å². The Morgan fingerprint density at radius 1 is 1.08 bits per heavy atom. The zero-order chi connectivity index (χ0) is 25.2. The van der Waals surface area contributed by atoms with Gasteiger partial charge >= 0.3 is 5.97 Å². The molecule has 5 rings (SSSR count). The molecule has 1 atom stereocenters. The lowest BCUT2D eigenvalue weighted by Crippen LogP contribution is -2.30. The van der Waals surface area contributed by atoms with E-state index in [0.717, 1.165) is 53.2 Å². The molecular formula is C28H34N6O2. The summed E-state index contributed by atoms with van der Waals surface area (Å²) in [4.78, 5) is 19.1.